The van der Waals surface area contributed by atoms with Crippen molar-refractivity contribution in [2.24, 2.45) is 5.92 Å². The van der Waals surface area contributed by atoms with Gasteiger partial charge in [0.1, 0.15) is 5.75 Å². The van der Waals surface area contributed by atoms with Crippen LogP contribution in [-0.4, -0.2) is 19.5 Å². The fourth-order valence-corrected chi connectivity index (χ4v) is 1.51. The summed E-state index contributed by atoms with van der Waals surface area (Å²) in [5.74, 6) is 1.31. The molecule has 94 valence electrons. The molecule has 3 nitrogen and oxygen atoms in total. The summed E-state index contributed by atoms with van der Waals surface area (Å²) >= 11 is 0. The third kappa shape index (κ3) is 4.19. The topological polar surface area (TPSA) is 35.5 Å². The van der Waals surface area contributed by atoms with Gasteiger partial charge in [0.15, 0.2) is 5.78 Å². The van der Waals surface area contributed by atoms with Crippen LogP contribution in [0, 0.1) is 5.92 Å². The van der Waals surface area contributed by atoms with E-state index in [1.807, 2.05) is 12.1 Å². The summed E-state index contributed by atoms with van der Waals surface area (Å²) in [6.07, 6.45) is 0. The first-order chi connectivity index (χ1) is 8.04. The van der Waals surface area contributed by atoms with E-state index in [1.54, 1.807) is 20.1 Å². The molecule has 0 atom stereocenters. The highest BCUT2D eigenvalue weighted by molar-refractivity contribution is 5.94. The number of Topliss-reactive ketones (excluding diaryl/α,β-unsaturated/α-hetero) is 1. The second-order valence-corrected chi connectivity index (χ2v) is 4.49. The Hall–Kier alpha value is -1.35. The van der Waals surface area contributed by atoms with Crippen LogP contribution in [0.25, 0.3) is 0 Å². The molecule has 0 unspecified atom stereocenters. The van der Waals surface area contributed by atoms with E-state index < -0.39 is 0 Å². The van der Waals surface area contributed by atoms with Gasteiger partial charge < -0.3 is 9.47 Å². The second kappa shape index (κ2) is 6.40. The van der Waals surface area contributed by atoms with Gasteiger partial charge >= 0.3 is 0 Å². The van der Waals surface area contributed by atoms with Gasteiger partial charge in [-0.2, -0.15) is 0 Å². The minimum absolute atomic E-state index is 0.0535. The van der Waals surface area contributed by atoms with E-state index >= 15 is 0 Å². The molecule has 17 heavy (non-hydrogen) atoms. The number of methoxy groups -OCH3 is 1. The highest BCUT2D eigenvalue weighted by Crippen LogP contribution is 2.21. The van der Waals surface area contributed by atoms with Crippen molar-refractivity contribution in [2.75, 3.05) is 13.7 Å². The molecule has 0 aliphatic rings. The van der Waals surface area contributed by atoms with Crippen LogP contribution in [0.15, 0.2) is 18.2 Å². The molecule has 0 radical (unpaired) electrons. The molecule has 3 heteroatoms. The first-order valence-electron chi connectivity index (χ1n) is 5.80. The van der Waals surface area contributed by atoms with Crippen LogP contribution in [0.5, 0.6) is 5.75 Å². The first kappa shape index (κ1) is 13.7. The number of hydrogen-bond acceptors (Lipinski definition) is 3. The molecular weight excluding hydrogens is 216 g/mol. The molecule has 0 saturated heterocycles. The van der Waals surface area contributed by atoms with Gasteiger partial charge in [-0.3, -0.25) is 4.79 Å². The van der Waals surface area contributed by atoms with Crippen LogP contribution >= 0.6 is 0 Å². The van der Waals surface area contributed by atoms with Gasteiger partial charge in [-0.15, -0.1) is 0 Å². The third-order valence-corrected chi connectivity index (χ3v) is 2.40. The van der Waals surface area contributed by atoms with Gasteiger partial charge in [0.25, 0.3) is 0 Å². The smallest absolute Gasteiger partial charge is 0.159 e. The van der Waals surface area contributed by atoms with E-state index in [0.717, 1.165) is 11.3 Å². The largest absolute Gasteiger partial charge is 0.496 e. The van der Waals surface area contributed by atoms with Crippen molar-refractivity contribution in [3.05, 3.63) is 29.3 Å². The van der Waals surface area contributed by atoms with Crippen LogP contribution in [0.1, 0.15) is 36.7 Å². The van der Waals surface area contributed by atoms with Gasteiger partial charge in [0, 0.05) is 17.7 Å². The van der Waals surface area contributed by atoms with Crippen LogP contribution < -0.4 is 4.74 Å². The lowest BCUT2D eigenvalue weighted by atomic mass is 10.1. The summed E-state index contributed by atoms with van der Waals surface area (Å²) in [6.45, 7) is 6.93. The molecule has 0 aromatic heterocycles. The van der Waals surface area contributed by atoms with Gasteiger partial charge in [-0.25, -0.2) is 0 Å². The van der Waals surface area contributed by atoms with Gasteiger partial charge in [-0.1, -0.05) is 13.8 Å². The standard InChI is InChI=1S/C14H20O3/c1-10(2)8-17-9-13-7-12(11(3)15)5-6-14(13)16-4/h5-7,10H,8-9H2,1-4H3. The van der Waals surface area contributed by atoms with E-state index in [-0.39, 0.29) is 5.78 Å². The molecule has 0 aliphatic heterocycles. The van der Waals surface area contributed by atoms with E-state index in [1.165, 1.54) is 0 Å². The molecule has 0 fully saturated rings. The van der Waals surface area contributed by atoms with Gasteiger partial charge in [0.05, 0.1) is 13.7 Å². The maximum Gasteiger partial charge on any atom is 0.159 e. The van der Waals surface area contributed by atoms with Gasteiger partial charge in [-0.05, 0) is 31.0 Å². The quantitative estimate of drug-likeness (QED) is 0.712. The highest BCUT2D eigenvalue weighted by atomic mass is 16.5. The SMILES string of the molecule is COc1ccc(C(C)=O)cc1COCC(C)C. The zero-order valence-electron chi connectivity index (χ0n) is 10.9. The van der Waals surface area contributed by atoms with Crippen molar-refractivity contribution in [2.45, 2.75) is 27.4 Å². The molecule has 1 aromatic rings. The molecule has 1 aromatic carbocycles. The summed E-state index contributed by atoms with van der Waals surface area (Å²) in [4.78, 5) is 11.3. The zero-order chi connectivity index (χ0) is 12.8. The van der Waals surface area contributed by atoms with Crippen molar-refractivity contribution in [3.63, 3.8) is 0 Å². The number of carbonyl (C=O) groups excluding carboxylic acids is 1. The Kier molecular flexibility index (Phi) is 5.16. The Morgan fingerprint density at radius 3 is 2.59 bits per heavy atom. The summed E-state index contributed by atoms with van der Waals surface area (Å²) in [5, 5.41) is 0. The fraction of sp³-hybridized carbons (Fsp3) is 0.500. The summed E-state index contributed by atoms with van der Waals surface area (Å²) in [5.41, 5.74) is 1.61. The lowest BCUT2D eigenvalue weighted by molar-refractivity contribution is 0.0952. The predicted molar refractivity (Wildman–Crippen MR) is 67.5 cm³/mol. The van der Waals surface area contributed by atoms with E-state index in [0.29, 0.717) is 24.7 Å². The normalized spacial score (nSPS) is 10.6. The Morgan fingerprint density at radius 1 is 1.35 bits per heavy atom. The average Bonchev–Trinajstić information content (AvgIpc) is 2.28. The molecule has 0 bridgehead atoms. The Bertz CT molecular complexity index is 383. The number of ether oxygens (including phenoxy) is 2. The van der Waals surface area contributed by atoms with Crippen LogP contribution in [0.3, 0.4) is 0 Å². The third-order valence-electron chi connectivity index (χ3n) is 2.40. The monoisotopic (exact) mass is 236 g/mol. The number of rotatable bonds is 6. The Morgan fingerprint density at radius 2 is 2.06 bits per heavy atom. The highest BCUT2D eigenvalue weighted by Gasteiger charge is 2.07. The lowest BCUT2D eigenvalue weighted by Crippen LogP contribution is -2.04. The lowest BCUT2D eigenvalue weighted by Gasteiger charge is -2.11. The number of carbonyl (C=O) groups is 1. The number of hydrogen-bond donors (Lipinski definition) is 0. The van der Waals surface area contributed by atoms with Crippen molar-refractivity contribution < 1.29 is 14.3 Å². The summed E-state index contributed by atoms with van der Waals surface area (Å²) in [6, 6.07) is 5.42. The summed E-state index contributed by atoms with van der Waals surface area (Å²) in [7, 11) is 1.62. The molecule has 0 heterocycles. The van der Waals surface area contributed by atoms with E-state index in [2.05, 4.69) is 13.8 Å². The second-order valence-electron chi connectivity index (χ2n) is 4.49. The van der Waals surface area contributed by atoms with Crippen molar-refractivity contribution >= 4 is 5.78 Å². The van der Waals surface area contributed by atoms with Crippen molar-refractivity contribution in [1.29, 1.82) is 0 Å². The Balaban J connectivity index is 2.79. The maximum absolute atomic E-state index is 11.3. The van der Waals surface area contributed by atoms with Crippen LogP contribution in [0.2, 0.25) is 0 Å². The van der Waals surface area contributed by atoms with Crippen molar-refractivity contribution in [3.8, 4) is 5.75 Å². The maximum atomic E-state index is 11.3. The molecule has 0 N–H and O–H groups in total. The van der Waals surface area contributed by atoms with Gasteiger partial charge in [0.2, 0.25) is 0 Å². The molecule has 1 rings (SSSR count). The molecular formula is C14H20O3. The number of ketones is 1. The molecule has 0 saturated carbocycles. The first-order valence-corrected chi connectivity index (χ1v) is 5.80. The Labute approximate surface area is 103 Å². The molecule has 0 amide bonds. The van der Waals surface area contributed by atoms with E-state index in [9.17, 15) is 4.79 Å². The minimum atomic E-state index is 0.0535. The fourth-order valence-electron chi connectivity index (χ4n) is 1.51. The minimum Gasteiger partial charge on any atom is -0.496 e. The van der Waals surface area contributed by atoms with E-state index in [4.69, 9.17) is 9.47 Å². The van der Waals surface area contributed by atoms with Crippen LogP contribution in [0.4, 0.5) is 0 Å². The average molecular weight is 236 g/mol. The molecule has 0 aliphatic carbocycles. The van der Waals surface area contributed by atoms with Crippen molar-refractivity contribution in [1.82, 2.24) is 0 Å². The molecule has 0 spiro atoms. The number of benzene rings is 1. The van der Waals surface area contributed by atoms with Crippen LogP contribution in [-0.2, 0) is 11.3 Å². The summed E-state index contributed by atoms with van der Waals surface area (Å²) < 4.78 is 10.8. The predicted octanol–water partition coefficient (Wildman–Crippen LogP) is 3.07. The zero-order valence-corrected chi connectivity index (χ0v) is 10.9.